The third-order valence-electron chi connectivity index (χ3n) is 6.68. The van der Waals surface area contributed by atoms with Crippen LogP contribution in [0.2, 0.25) is 5.02 Å². The Kier molecular flexibility index (Phi) is 10.7. The first-order valence-electron chi connectivity index (χ1n) is 13.8. The van der Waals surface area contributed by atoms with Crippen LogP contribution < -0.4 is 24.8 Å². The van der Waals surface area contributed by atoms with Crippen molar-refractivity contribution in [1.29, 1.82) is 0 Å². The second-order valence-electron chi connectivity index (χ2n) is 9.49. The van der Waals surface area contributed by atoms with Crippen molar-refractivity contribution in [3.8, 4) is 23.1 Å². The molecule has 10 nitrogen and oxygen atoms in total. The normalized spacial score (nSPS) is 11.0. The molecule has 12 heteroatoms. The number of benzene rings is 2. The lowest BCUT2D eigenvalue weighted by Crippen LogP contribution is -2.30. The van der Waals surface area contributed by atoms with Crippen molar-refractivity contribution in [1.82, 2.24) is 14.9 Å². The van der Waals surface area contributed by atoms with E-state index >= 15 is 0 Å². The fourth-order valence-electron chi connectivity index (χ4n) is 4.47. The number of hydrogen-bond acceptors (Lipinski definition) is 8. The SMILES string of the molecule is CCN(CC)CCCOc1cc2nccc(Oc3ncc(N(C(=O)CC(N)=O)c4ccc(F)cc4)cc3Cl)c2cc1OC. The number of pyridine rings is 2. The molecule has 4 aromatic rings. The Balaban J connectivity index is 1.59. The maximum Gasteiger partial charge on any atom is 0.241 e. The average molecular weight is 610 g/mol. The van der Waals surface area contributed by atoms with E-state index < -0.39 is 24.1 Å². The molecule has 0 bridgehead atoms. The summed E-state index contributed by atoms with van der Waals surface area (Å²) in [6, 6.07) is 11.9. The minimum absolute atomic E-state index is 0.0648. The first kappa shape index (κ1) is 31.5. The van der Waals surface area contributed by atoms with E-state index in [1.165, 1.54) is 41.4 Å². The number of hydrogen-bond donors (Lipinski definition) is 1. The van der Waals surface area contributed by atoms with E-state index in [1.54, 1.807) is 31.5 Å². The highest BCUT2D eigenvalue weighted by molar-refractivity contribution is 6.32. The predicted molar refractivity (Wildman–Crippen MR) is 163 cm³/mol. The Labute approximate surface area is 254 Å². The van der Waals surface area contributed by atoms with Gasteiger partial charge < -0.3 is 24.8 Å². The number of carbonyl (C=O) groups excluding carboxylic acids is 2. The molecule has 0 atom stereocenters. The summed E-state index contributed by atoms with van der Waals surface area (Å²) >= 11 is 6.55. The molecule has 4 rings (SSSR count). The summed E-state index contributed by atoms with van der Waals surface area (Å²) in [4.78, 5) is 36.7. The number of ether oxygens (including phenoxy) is 3. The maximum atomic E-state index is 13.5. The smallest absolute Gasteiger partial charge is 0.241 e. The van der Waals surface area contributed by atoms with Gasteiger partial charge in [-0.1, -0.05) is 25.4 Å². The van der Waals surface area contributed by atoms with E-state index in [0.717, 1.165) is 26.1 Å². The lowest BCUT2D eigenvalue weighted by molar-refractivity contribution is -0.125. The van der Waals surface area contributed by atoms with Crippen molar-refractivity contribution in [2.24, 2.45) is 5.73 Å². The first-order valence-corrected chi connectivity index (χ1v) is 14.1. The number of halogens is 2. The highest BCUT2D eigenvalue weighted by Gasteiger charge is 2.22. The number of anilines is 2. The lowest BCUT2D eigenvalue weighted by Gasteiger charge is -2.23. The molecule has 0 saturated heterocycles. The minimum atomic E-state index is -0.815. The number of nitrogens with zero attached hydrogens (tertiary/aromatic N) is 4. The summed E-state index contributed by atoms with van der Waals surface area (Å²) in [5.74, 6) is -0.366. The van der Waals surface area contributed by atoms with Crippen LogP contribution in [0.25, 0.3) is 10.9 Å². The number of methoxy groups -OCH3 is 1. The van der Waals surface area contributed by atoms with Gasteiger partial charge in [0.1, 0.15) is 23.0 Å². The van der Waals surface area contributed by atoms with Crippen LogP contribution in [0.5, 0.6) is 23.1 Å². The van der Waals surface area contributed by atoms with Gasteiger partial charge in [-0.25, -0.2) is 9.37 Å². The molecular weight excluding hydrogens is 577 g/mol. The highest BCUT2D eigenvalue weighted by atomic mass is 35.5. The Morgan fingerprint density at radius 2 is 1.72 bits per heavy atom. The van der Waals surface area contributed by atoms with Gasteiger partial charge in [0.2, 0.25) is 17.7 Å². The van der Waals surface area contributed by atoms with Crippen molar-refractivity contribution in [2.45, 2.75) is 26.7 Å². The van der Waals surface area contributed by atoms with Gasteiger partial charge in [0, 0.05) is 29.9 Å². The number of nitrogens with two attached hydrogens (primary N) is 1. The minimum Gasteiger partial charge on any atom is -0.493 e. The number of aromatic nitrogens is 2. The Morgan fingerprint density at radius 3 is 2.37 bits per heavy atom. The van der Waals surface area contributed by atoms with Gasteiger partial charge in [-0.2, -0.15) is 0 Å². The third-order valence-corrected chi connectivity index (χ3v) is 6.95. The van der Waals surface area contributed by atoms with E-state index in [1.807, 2.05) is 0 Å². The zero-order chi connectivity index (χ0) is 30.9. The second-order valence-corrected chi connectivity index (χ2v) is 9.90. The number of primary amides is 1. The van der Waals surface area contributed by atoms with Gasteiger partial charge in [-0.15, -0.1) is 0 Å². The fourth-order valence-corrected chi connectivity index (χ4v) is 4.67. The van der Waals surface area contributed by atoms with Crippen LogP contribution in [-0.2, 0) is 9.59 Å². The Hall–Kier alpha value is -4.48. The summed E-state index contributed by atoms with van der Waals surface area (Å²) in [6.07, 6.45) is 3.25. The summed E-state index contributed by atoms with van der Waals surface area (Å²) in [5.41, 5.74) is 6.40. The van der Waals surface area contributed by atoms with E-state index in [2.05, 4.69) is 28.7 Å². The van der Waals surface area contributed by atoms with Crippen molar-refractivity contribution >= 4 is 45.7 Å². The van der Waals surface area contributed by atoms with Crippen LogP contribution in [-0.4, -0.2) is 60.0 Å². The average Bonchev–Trinajstić information content (AvgIpc) is 2.99. The quantitative estimate of drug-likeness (QED) is 0.139. The molecule has 43 heavy (non-hydrogen) atoms. The van der Waals surface area contributed by atoms with Gasteiger partial charge in [-0.05, 0) is 62.0 Å². The van der Waals surface area contributed by atoms with Crippen molar-refractivity contribution < 1.29 is 28.2 Å². The van der Waals surface area contributed by atoms with E-state index in [9.17, 15) is 14.0 Å². The monoisotopic (exact) mass is 609 g/mol. The van der Waals surface area contributed by atoms with Gasteiger partial charge in [0.15, 0.2) is 11.5 Å². The summed E-state index contributed by atoms with van der Waals surface area (Å²) in [7, 11) is 1.56. The molecule has 0 radical (unpaired) electrons. The first-order chi connectivity index (χ1) is 20.7. The van der Waals surface area contributed by atoms with Gasteiger partial charge in [-0.3, -0.25) is 19.5 Å². The van der Waals surface area contributed by atoms with Gasteiger partial charge in [0.05, 0.1) is 31.1 Å². The van der Waals surface area contributed by atoms with E-state index in [0.29, 0.717) is 40.4 Å². The van der Waals surface area contributed by atoms with Crippen LogP contribution in [0, 0.1) is 5.82 Å². The van der Waals surface area contributed by atoms with Gasteiger partial charge >= 0.3 is 0 Å². The number of fused-ring (bicyclic) bond motifs is 1. The molecular formula is C31H33ClFN5O5. The van der Waals surface area contributed by atoms with Crippen LogP contribution in [0.3, 0.4) is 0 Å². The van der Waals surface area contributed by atoms with E-state index in [4.69, 9.17) is 31.5 Å². The molecule has 226 valence electrons. The Morgan fingerprint density at radius 1 is 0.977 bits per heavy atom. The molecule has 2 amide bonds. The molecule has 0 aliphatic heterocycles. The van der Waals surface area contributed by atoms with E-state index in [-0.39, 0.29) is 16.6 Å². The molecule has 2 aromatic heterocycles. The van der Waals surface area contributed by atoms with Crippen molar-refractivity contribution in [3.05, 3.63) is 71.8 Å². The molecule has 0 aliphatic rings. The molecule has 0 unspecified atom stereocenters. The largest absolute Gasteiger partial charge is 0.493 e. The molecule has 0 spiro atoms. The number of rotatable bonds is 14. The molecule has 2 aromatic carbocycles. The van der Waals surface area contributed by atoms with Gasteiger partial charge in [0.25, 0.3) is 0 Å². The standard InChI is InChI=1S/C31H33ClFN5O5/c1-4-37(5-2)13-6-14-42-28-17-25-23(16-27(28)41-3)26(11-12-35-25)43-31-24(32)15-22(19-36-31)38(30(40)18-29(34)39)21-9-7-20(33)8-10-21/h7-12,15-17,19H,4-6,13-14,18H2,1-3H3,(H2,34,39). The summed E-state index contributed by atoms with van der Waals surface area (Å²) in [6.45, 7) is 7.71. The highest BCUT2D eigenvalue weighted by Crippen LogP contribution is 2.39. The lowest BCUT2D eigenvalue weighted by atomic mass is 10.2. The number of carbonyl (C=O) groups is 2. The molecule has 2 heterocycles. The zero-order valence-electron chi connectivity index (χ0n) is 24.2. The number of amides is 2. The molecule has 2 N–H and O–H groups in total. The molecule has 0 saturated carbocycles. The van der Waals surface area contributed by atoms with Crippen molar-refractivity contribution in [3.63, 3.8) is 0 Å². The zero-order valence-corrected chi connectivity index (χ0v) is 24.9. The van der Waals surface area contributed by atoms with Crippen molar-refractivity contribution in [2.75, 3.05) is 38.3 Å². The third kappa shape index (κ3) is 7.88. The summed E-state index contributed by atoms with van der Waals surface area (Å²) in [5, 5.41) is 0.725. The Bertz CT molecular complexity index is 1580. The molecule has 0 aliphatic carbocycles. The maximum absolute atomic E-state index is 13.5. The fraction of sp³-hybridized carbons (Fsp3) is 0.290. The summed E-state index contributed by atoms with van der Waals surface area (Å²) < 4.78 is 31.2. The van der Waals surface area contributed by atoms with Crippen LogP contribution in [0.4, 0.5) is 15.8 Å². The van der Waals surface area contributed by atoms with Crippen LogP contribution >= 0.6 is 11.6 Å². The second kappa shape index (κ2) is 14.6. The molecule has 0 fully saturated rings. The predicted octanol–water partition coefficient (Wildman–Crippen LogP) is 5.87. The topological polar surface area (TPSA) is 120 Å². The van der Waals surface area contributed by atoms with Crippen LogP contribution in [0.15, 0.2) is 60.9 Å². The van der Waals surface area contributed by atoms with Crippen LogP contribution in [0.1, 0.15) is 26.7 Å².